The monoisotopic (exact) mass is 521 g/mol. The number of aromatic nitrogens is 1. The van der Waals surface area contributed by atoms with E-state index in [4.69, 9.17) is 4.74 Å². The molecule has 7 nitrogen and oxygen atoms in total. The zero-order chi connectivity index (χ0) is 25.9. The molecule has 1 saturated heterocycles. The van der Waals surface area contributed by atoms with Gasteiger partial charge in [-0.05, 0) is 79.8 Å². The van der Waals surface area contributed by atoms with Gasteiger partial charge in [0.2, 0.25) is 0 Å². The highest BCUT2D eigenvalue weighted by molar-refractivity contribution is 7.92. The van der Waals surface area contributed by atoms with Gasteiger partial charge in [0.05, 0.1) is 17.7 Å². The number of likely N-dealkylation sites (tertiary alicyclic amines) is 1. The molecule has 3 aromatic rings. The van der Waals surface area contributed by atoms with E-state index in [0.717, 1.165) is 44.3 Å². The molecule has 2 aliphatic rings. The van der Waals surface area contributed by atoms with Crippen molar-refractivity contribution in [3.63, 3.8) is 0 Å². The fourth-order valence-corrected chi connectivity index (χ4v) is 7.72. The molecule has 0 bridgehead atoms. The molecule has 196 valence electrons. The van der Waals surface area contributed by atoms with Crippen LogP contribution in [-0.4, -0.2) is 55.7 Å². The summed E-state index contributed by atoms with van der Waals surface area (Å²) in [4.78, 5) is 6.75. The predicted octanol–water partition coefficient (Wildman–Crippen LogP) is 4.58. The largest absolute Gasteiger partial charge is 0.497 e. The first-order valence-corrected chi connectivity index (χ1v) is 14.5. The maximum Gasteiger partial charge on any atom is 0.264 e. The Kier molecular flexibility index (Phi) is 7.51. The highest BCUT2D eigenvalue weighted by atomic mass is 32.2. The molecule has 0 spiro atoms. The predicted molar refractivity (Wildman–Crippen MR) is 144 cm³/mol. The van der Waals surface area contributed by atoms with Crippen LogP contribution in [0.25, 0.3) is 0 Å². The van der Waals surface area contributed by atoms with Crippen LogP contribution >= 0.6 is 0 Å². The molecule has 1 aromatic heterocycles. The van der Waals surface area contributed by atoms with E-state index in [1.807, 2.05) is 42.5 Å². The lowest BCUT2D eigenvalue weighted by molar-refractivity contribution is -0.0849. The summed E-state index contributed by atoms with van der Waals surface area (Å²) in [5.41, 5.74) is 0.674. The summed E-state index contributed by atoms with van der Waals surface area (Å²) in [5, 5.41) is 11.8. The minimum absolute atomic E-state index is 0.00738. The Hall–Kier alpha value is -2.94. The van der Waals surface area contributed by atoms with Crippen molar-refractivity contribution < 1.29 is 18.3 Å². The summed E-state index contributed by atoms with van der Waals surface area (Å²) in [6.07, 6.45) is 8.59. The standard InChI is InChI=1S/C29H35N3O4S/c1-36-26-10-12-27(13-11-26)37(34,35)32(24-7-3-2-4-8-24)25-16-21-31(22-17-25)28-9-5-6-18-29(28,33)23-14-19-30-20-15-23/h2-4,7-8,10-15,19-20,25,28,33H,5-6,9,16-18,21-22H2,1H3/t28-,29+/m1/s1. The highest BCUT2D eigenvalue weighted by Gasteiger charge is 2.45. The Bertz CT molecular complexity index is 1260. The number of pyridine rings is 1. The quantitative estimate of drug-likeness (QED) is 0.490. The topological polar surface area (TPSA) is 83.0 Å². The lowest BCUT2D eigenvalue weighted by Crippen LogP contribution is -2.57. The molecule has 5 rings (SSSR count). The minimum atomic E-state index is -3.78. The number of sulfonamides is 1. The normalized spacial score (nSPS) is 23.5. The van der Waals surface area contributed by atoms with E-state index in [0.29, 0.717) is 24.3 Å². The van der Waals surface area contributed by atoms with E-state index in [9.17, 15) is 13.5 Å². The second kappa shape index (κ2) is 10.8. The first kappa shape index (κ1) is 25.7. The number of rotatable bonds is 7. The van der Waals surface area contributed by atoms with Gasteiger partial charge in [0.25, 0.3) is 10.0 Å². The average Bonchev–Trinajstić information content (AvgIpc) is 2.95. The van der Waals surface area contributed by atoms with Gasteiger partial charge in [0.1, 0.15) is 11.4 Å². The lowest BCUT2D eigenvalue weighted by Gasteiger charge is -2.49. The number of benzene rings is 2. The molecule has 37 heavy (non-hydrogen) atoms. The molecule has 1 N–H and O–H groups in total. The van der Waals surface area contributed by atoms with Crippen molar-refractivity contribution >= 4 is 15.7 Å². The Labute approximate surface area is 219 Å². The van der Waals surface area contributed by atoms with E-state index < -0.39 is 15.6 Å². The van der Waals surface area contributed by atoms with Crippen LogP contribution in [0.5, 0.6) is 5.75 Å². The molecule has 0 amide bonds. The van der Waals surface area contributed by atoms with Crippen molar-refractivity contribution in [3.05, 3.63) is 84.7 Å². The molecule has 2 heterocycles. The van der Waals surface area contributed by atoms with Gasteiger partial charge in [-0.2, -0.15) is 0 Å². The first-order valence-electron chi connectivity index (χ1n) is 13.0. The third-order valence-electron chi connectivity index (χ3n) is 7.92. The summed E-state index contributed by atoms with van der Waals surface area (Å²) in [7, 11) is -2.22. The maximum absolute atomic E-state index is 13.9. The van der Waals surface area contributed by atoms with Crippen LogP contribution in [-0.2, 0) is 15.6 Å². The number of hydrogen-bond acceptors (Lipinski definition) is 6. The van der Waals surface area contributed by atoms with Crippen LogP contribution in [0.4, 0.5) is 5.69 Å². The van der Waals surface area contributed by atoms with Gasteiger partial charge in [0.15, 0.2) is 0 Å². The van der Waals surface area contributed by atoms with Crippen molar-refractivity contribution in [2.45, 2.75) is 61.1 Å². The number of hydrogen-bond donors (Lipinski definition) is 1. The molecule has 8 heteroatoms. The van der Waals surface area contributed by atoms with E-state index in [2.05, 4.69) is 9.88 Å². The summed E-state index contributed by atoms with van der Waals surface area (Å²) in [6, 6.07) is 19.6. The fraction of sp³-hybridized carbons (Fsp3) is 0.414. The molecule has 2 atom stereocenters. The Balaban J connectivity index is 1.39. The van der Waals surface area contributed by atoms with Gasteiger partial charge in [-0.25, -0.2) is 8.42 Å². The van der Waals surface area contributed by atoms with Crippen LogP contribution in [0.3, 0.4) is 0 Å². The fourth-order valence-electron chi connectivity index (χ4n) is 6.01. The van der Waals surface area contributed by atoms with Gasteiger partial charge >= 0.3 is 0 Å². The second-order valence-corrected chi connectivity index (χ2v) is 11.8. The molecule has 1 aliphatic heterocycles. The number of aliphatic hydroxyl groups is 1. The average molecular weight is 522 g/mol. The third kappa shape index (κ3) is 5.10. The molecule has 1 aliphatic carbocycles. The molecular formula is C29H35N3O4S. The zero-order valence-electron chi connectivity index (χ0n) is 21.2. The van der Waals surface area contributed by atoms with Gasteiger partial charge in [-0.15, -0.1) is 0 Å². The third-order valence-corrected chi connectivity index (χ3v) is 9.81. The number of nitrogens with zero attached hydrogens (tertiary/aromatic N) is 3. The van der Waals surface area contributed by atoms with Crippen LogP contribution in [0.1, 0.15) is 44.1 Å². The molecular weight excluding hydrogens is 486 g/mol. The second-order valence-electron chi connectivity index (χ2n) is 10.0. The Morgan fingerprint density at radius 3 is 2.27 bits per heavy atom. The molecule has 0 radical (unpaired) electrons. The Morgan fingerprint density at radius 1 is 0.946 bits per heavy atom. The molecule has 0 unspecified atom stereocenters. The lowest BCUT2D eigenvalue weighted by atomic mass is 9.74. The van der Waals surface area contributed by atoms with Crippen LogP contribution in [0.15, 0.2) is 84.0 Å². The number of anilines is 1. The van der Waals surface area contributed by atoms with Gasteiger partial charge in [-0.3, -0.25) is 14.2 Å². The van der Waals surface area contributed by atoms with Crippen molar-refractivity contribution in [1.82, 2.24) is 9.88 Å². The van der Waals surface area contributed by atoms with Crippen LogP contribution in [0.2, 0.25) is 0 Å². The van der Waals surface area contributed by atoms with Crippen LogP contribution < -0.4 is 9.04 Å². The number of ether oxygens (including phenoxy) is 1. The SMILES string of the molecule is COc1ccc(S(=O)(=O)N(c2ccccc2)C2CCN([C@@H]3CCCC[C@]3(O)c3ccncc3)CC2)cc1. The first-order chi connectivity index (χ1) is 17.9. The van der Waals surface area contributed by atoms with Gasteiger partial charge in [-0.1, -0.05) is 31.0 Å². The van der Waals surface area contributed by atoms with Crippen molar-refractivity contribution in [1.29, 1.82) is 0 Å². The van der Waals surface area contributed by atoms with Crippen LogP contribution in [0, 0.1) is 0 Å². The zero-order valence-corrected chi connectivity index (χ0v) is 22.1. The highest BCUT2D eigenvalue weighted by Crippen LogP contribution is 2.41. The van der Waals surface area contributed by atoms with Crippen molar-refractivity contribution in [2.24, 2.45) is 0 Å². The molecule has 2 fully saturated rings. The molecule has 2 aromatic carbocycles. The van der Waals surface area contributed by atoms with E-state index >= 15 is 0 Å². The van der Waals surface area contributed by atoms with E-state index in [-0.39, 0.29) is 17.0 Å². The number of piperidine rings is 1. The summed E-state index contributed by atoms with van der Waals surface area (Å²) in [6.45, 7) is 1.45. The Morgan fingerprint density at radius 2 is 1.62 bits per heavy atom. The minimum Gasteiger partial charge on any atom is -0.497 e. The summed E-state index contributed by atoms with van der Waals surface area (Å²) in [5.74, 6) is 0.618. The van der Waals surface area contributed by atoms with Crippen molar-refractivity contribution in [3.8, 4) is 5.75 Å². The maximum atomic E-state index is 13.9. The summed E-state index contributed by atoms with van der Waals surface area (Å²) < 4.78 is 34.7. The van der Waals surface area contributed by atoms with Crippen molar-refractivity contribution in [2.75, 3.05) is 24.5 Å². The number of para-hydroxylation sites is 1. The molecule has 1 saturated carbocycles. The number of methoxy groups -OCH3 is 1. The summed E-state index contributed by atoms with van der Waals surface area (Å²) >= 11 is 0. The van der Waals surface area contributed by atoms with E-state index in [1.165, 1.54) is 0 Å². The van der Waals surface area contributed by atoms with E-state index in [1.54, 1.807) is 48.1 Å². The van der Waals surface area contributed by atoms with Gasteiger partial charge in [0, 0.05) is 37.6 Å². The smallest absolute Gasteiger partial charge is 0.264 e. The van der Waals surface area contributed by atoms with Gasteiger partial charge < -0.3 is 9.84 Å².